The van der Waals surface area contributed by atoms with Crippen LogP contribution in [0, 0.1) is 11.3 Å². The summed E-state index contributed by atoms with van der Waals surface area (Å²) < 4.78 is 0. The Hall–Kier alpha value is -1.92. The fraction of sp³-hybridized carbons (Fsp3) is 0.529. The molecule has 6 nitrogen and oxygen atoms in total. The molecule has 0 spiro atoms. The number of carbonyl (C=O) groups is 2. The SMILES string of the molecule is CC(CC(C)(C)CCN)C(N)c1cc(C(N)=O)ccc1C(N)=O. The molecule has 1 aromatic rings. The van der Waals surface area contributed by atoms with E-state index in [1.807, 2.05) is 6.92 Å². The summed E-state index contributed by atoms with van der Waals surface area (Å²) in [5.41, 5.74) is 24.0. The number of hydrogen-bond donors (Lipinski definition) is 4. The number of amides is 2. The Morgan fingerprint density at radius 3 is 2.26 bits per heavy atom. The normalized spacial score (nSPS) is 14.3. The quantitative estimate of drug-likeness (QED) is 0.573. The Labute approximate surface area is 137 Å². The molecule has 2 atom stereocenters. The van der Waals surface area contributed by atoms with Gasteiger partial charge in [-0.05, 0) is 54.5 Å². The summed E-state index contributed by atoms with van der Waals surface area (Å²) in [6.45, 7) is 6.90. The van der Waals surface area contributed by atoms with E-state index in [2.05, 4.69) is 13.8 Å². The molecular weight excluding hydrogens is 292 g/mol. The van der Waals surface area contributed by atoms with Gasteiger partial charge in [-0.3, -0.25) is 9.59 Å². The molecule has 1 aromatic carbocycles. The highest BCUT2D eigenvalue weighted by Gasteiger charge is 2.27. The molecule has 128 valence electrons. The molecule has 2 amide bonds. The van der Waals surface area contributed by atoms with Crippen molar-refractivity contribution in [1.82, 2.24) is 0 Å². The number of primary amides is 2. The molecule has 0 aliphatic rings. The third-order valence-corrected chi connectivity index (χ3v) is 4.27. The molecule has 0 heterocycles. The summed E-state index contributed by atoms with van der Waals surface area (Å²) >= 11 is 0. The number of carbonyl (C=O) groups excluding carboxylic acids is 2. The second-order valence-corrected chi connectivity index (χ2v) is 6.94. The van der Waals surface area contributed by atoms with Crippen molar-refractivity contribution in [2.45, 2.75) is 39.7 Å². The minimum absolute atomic E-state index is 0.0416. The Kier molecular flexibility index (Phi) is 6.29. The molecule has 0 fully saturated rings. The fourth-order valence-corrected chi connectivity index (χ4v) is 3.01. The van der Waals surface area contributed by atoms with Crippen molar-refractivity contribution in [2.24, 2.45) is 34.3 Å². The molecule has 0 saturated heterocycles. The number of rotatable bonds is 8. The van der Waals surface area contributed by atoms with E-state index in [-0.39, 0.29) is 11.3 Å². The monoisotopic (exact) mass is 320 g/mol. The van der Waals surface area contributed by atoms with Gasteiger partial charge in [0.05, 0.1) is 0 Å². The predicted octanol–water partition coefficient (Wildman–Crippen LogP) is 1.29. The average molecular weight is 320 g/mol. The lowest BCUT2D eigenvalue weighted by molar-refractivity contribution is 0.0986. The van der Waals surface area contributed by atoms with E-state index >= 15 is 0 Å². The summed E-state index contributed by atoms with van der Waals surface area (Å²) in [5.74, 6) is -1.05. The first-order valence-corrected chi connectivity index (χ1v) is 7.78. The van der Waals surface area contributed by atoms with Gasteiger partial charge >= 0.3 is 0 Å². The molecule has 0 bridgehead atoms. The molecule has 0 aliphatic carbocycles. The Bertz CT molecular complexity index is 584. The Balaban J connectivity index is 3.14. The summed E-state index contributed by atoms with van der Waals surface area (Å²) in [6, 6.07) is 4.14. The van der Waals surface area contributed by atoms with Crippen molar-refractivity contribution >= 4 is 11.8 Å². The van der Waals surface area contributed by atoms with Crippen LogP contribution in [0.2, 0.25) is 0 Å². The molecule has 6 heteroatoms. The minimum atomic E-state index is -0.570. The minimum Gasteiger partial charge on any atom is -0.366 e. The molecule has 2 unspecified atom stereocenters. The maximum atomic E-state index is 11.7. The topological polar surface area (TPSA) is 138 Å². The third-order valence-electron chi connectivity index (χ3n) is 4.27. The molecule has 23 heavy (non-hydrogen) atoms. The van der Waals surface area contributed by atoms with Crippen LogP contribution >= 0.6 is 0 Å². The van der Waals surface area contributed by atoms with Crippen molar-refractivity contribution in [3.8, 4) is 0 Å². The zero-order chi connectivity index (χ0) is 17.8. The van der Waals surface area contributed by atoms with Gasteiger partial charge in [-0.2, -0.15) is 0 Å². The van der Waals surface area contributed by atoms with Gasteiger partial charge in [-0.15, -0.1) is 0 Å². The lowest BCUT2D eigenvalue weighted by Gasteiger charge is -2.31. The van der Waals surface area contributed by atoms with Crippen LogP contribution in [-0.2, 0) is 0 Å². The van der Waals surface area contributed by atoms with Crippen molar-refractivity contribution in [3.63, 3.8) is 0 Å². The largest absolute Gasteiger partial charge is 0.366 e. The van der Waals surface area contributed by atoms with Gasteiger partial charge in [0.25, 0.3) is 0 Å². The highest BCUT2D eigenvalue weighted by molar-refractivity contribution is 5.98. The summed E-state index contributed by atoms with van der Waals surface area (Å²) in [4.78, 5) is 23.0. The Morgan fingerprint density at radius 1 is 1.17 bits per heavy atom. The predicted molar refractivity (Wildman–Crippen MR) is 91.6 cm³/mol. The first-order chi connectivity index (χ1) is 10.6. The smallest absolute Gasteiger partial charge is 0.249 e. The Morgan fingerprint density at radius 2 is 1.78 bits per heavy atom. The van der Waals surface area contributed by atoms with Gasteiger partial charge in [0.1, 0.15) is 0 Å². The van der Waals surface area contributed by atoms with E-state index < -0.39 is 17.9 Å². The van der Waals surface area contributed by atoms with Crippen LogP contribution < -0.4 is 22.9 Å². The van der Waals surface area contributed by atoms with Crippen molar-refractivity contribution in [3.05, 3.63) is 34.9 Å². The van der Waals surface area contributed by atoms with Crippen LogP contribution in [0.1, 0.15) is 65.9 Å². The summed E-state index contributed by atoms with van der Waals surface area (Å²) in [6.07, 6.45) is 1.72. The second kappa shape index (κ2) is 7.57. The van der Waals surface area contributed by atoms with Crippen molar-refractivity contribution in [1.29, 1.82) is 0 Å². The number of hydrogen-bond acceptors (Lipinski definition) is 4. The summed E-state index contributed by atoms with van der Waals surface area (Å²) in [7, 11) is 0. The lowest BCUT2D eigenvalue weighted by Crippen LogP contribution is -2.29. The standard InChI is InChI=1S/C17H28N4O2/c1-10(9-17(2,3)6-7-18)14(19)13-8-11(15(20)22)4-5-12(13)16(21)23/h4-5,8,10,14H,6-7,9,18-19H2,1-3H3,(H2,20,22)(H2,21,23). The van der Waals surface area contributed by atoms with E-state index in [1.165, 1.54) is 12.1 Å². The average Bonchev–Trinajstić information content (AvgIpc) is 2.44. The van der Waals surface area contributed by atoms with Crippen molar-refractivity contribution < 1.29 is 9.59 Å². The number of nitrogens with two attached hydrogens (primary N) is 4. The second-order valence-electron chi connectivity index (χ2n) is 6.94. The lowest BCUT2D eigenvalue weighted by atomic mass is 9.76. The van der Waals surface area contributed by atoms with E-state index in [9.17, 15) is 9.59 Å². The van der Waals surface area contributed by atoms with Gasteiger partial charge in [0, 0.05) is 17.2 Å². The fourth-order valence-electron chi connectivity index (χ4n) is 3.01. The molecular formula is C17H28N4O2. The van der Waals surface area contributed by atoms with Crippen LogP contribution in [0.3, 0.4) is 0 Å². The zero-order valence-electron chi connectivity index (χ0n) is 14.1. The van der Waals surface area contributed by atoms with Crippen LogP contribution in [0.25, 0.3) is 0 Å². The first kappa shape index (κ1) is 19.1. The third kappa shape index (κ3) is 5.04. The van der Waals surface area contributed by atoms with Gasteiger partial charge in [-0.1, -0.05) is 20.8 Å². The molecule has 8 N–H and O–H groups in total. The van der Waals surface area contributed by atoms with Gasteiger partial charge in [0.15, 0.2) is 0 Å². The van der Waals surface area contributed by atoms with Crippen LogP contribution in [0.15, 0.2) is 18.2 Å². The molecule has 0 aromatic heterocycles. The van der Waals surface area contributed by atoms with Crippen LogP contribution in [-0.4, -0.2) is 18.4 Å². The summed E-state index contributed by atoms with van der Waals surface area (Å²) in [5, 5.41) is 0. The maximum absolute atomic E-state index is 11.7. The zero-order valence-corrected chi connectivity index (χ0v) is 14.1. The van der Waals surface area contributed by atoms with Gasteiger partial charge < -0.3 is 22.9 Å². The molecule has 1 rings (SSSR count). The molecule has 0 aliphatic heterocycles. The van der Waals surface area contributed by atoms with Crippen LogP contribution in [0.4, 0.5) is 0 Å². The van der Waals surface area contributed by atoms with Gasteiger partial charge in [-0.25, -0.2) is 0 Å². The van der Waals surface area contributed by atoms with E-state index in [1.54, 1.807) is 6.07 Å². The van der Waals surface area contributed by atoms with Crippen molar-refractivity contribution in [2.75, 3.05) is 6.54 Å². The van der Waals surface area contributed by atoms with E-state index in [0.717, 1.165) is 12.8 Å². The first-order valence-electron chi connectivity index (χ1n) is 7.78. The van der Waals surface area contributed by atoms with Crippen LogP contribution in [0.5, 0.6) is 0 Å². The number of benzene rings is 1. The highest BCUT2D eigenvalue weighted by atomic mass is 16.1. The molecule has 0 saturated carbocycles. The van der Waals surface area contributed by atoms with Gasteiger partial charge in [0.2, 0.25) is 11.8 Å². The molecule has 0 radical (unpaired) electrons. The van der Waals surface area contributed by atoms with E-state index in [0.29, 0.717) is 23.2 Å². The highest BCUT2D eigenvalue weighted by Crippen LogP contribution is 2.35. The maximum Gasteiger partial charge on any atom is 0.249 e. The van der Waals surface area contributed by atoms with E-state index in [4.69, 9.17) is 22.9 Å².